The highest BCUT2D eigenvalue weighted by Crippen LogP contribution is 2.19. The Morgan fingerprint density at radius 3 is 2.65 bits per heavy atom. The summed E-state index contributed by atoms with van der Waals surface area (Å²) >= 11 is 0. The molecule has 0 saturated carbocycles. The number of nitrogens with one attached hydrogen (secondary N) is 1. The van der Waals surface area contributed by atoms with E-state index in [-0.39, 0.29) is 0 Å². The second kappa shape index (κ2) is 6.06. The van der Waals surface area contributed by atoms with Gasteiger partial charge in [0.15, 0.2) is 0 Å². The van der Waals surface area contributed by atoms with Crippen LogP contribution in [-0.4, -0.2) is 18.8 Å². The van der Waals surface area contributed by atoms with Crippen molar-refractivity contribution in [3.63, 3.8) is 0 Å². The molecule has 0 unspecified atom stereocenters. The summed E-state index contributed by atoms with van der Waals surface area (Å²) in [6.45, 7) is 3.59. The van der Waals surface area contributed by atoms with Crippen LogP contribution in [0, 0.1) is 6.92 Å². The Bertz CT molecular complexity index is 630. The summed E-state index contributed by atoms with van der Waals surface area (Å²) in [4.78, 5) is 11.7. The van der Waals surface area contributed by atoms with Crippen molar-refractivity contribution >= 4 is 17.4 Å². The van der Waals surface area contributed by atoms with Gasteiger partial charge in [-0.2, -0.15) is 5.10 Å². The van der Waals surface area contributed by atoms with Gasteiger partial charge in [-0.15, -0.1) is 0 Å². The van der Waals surface area contributed by atoms with Crippen molar-refractivity contribution in [3.8, 4) is 0 Å². The normalized spacial score (nSPS) is 11.2. The van der Waals surface area contributed by atoms with Gasteiger partial charge in [-0.1, -0.05) is 18.2 Å². The van der Waals surface area contributed by atoms with Crippen molar-refractivity contribution < 1.29 is 13.9 Å². The third kappa shape index (κ3) is 2.88. The maximum Gasteiger partial charge on any atom is 0.341 e. The van der Waals surface area contributed by atoms with Crippen LogP contribution in [-0.2, 0) is 4.74 Å². The van der Waals surface area contributed by atoms with Gasteiger partial charge in [-0.3, -0.25) is 5.43 Å². The molecule has 0 saturated heterocycles. The number of hydrogen-bond donors (Lipinski definition) is 1. The summed E-state index contributed by atoms with van der Waals surface area (Å²) in [6, 6.07) is 9.56. The second-order valence-electron chi connectivity index (χ2n) is 4.25. The summed E-state index contributed by atoms with van der Waals surface area (Å²) in [7, 11) is 1.34. The van der Waals surface area contributed by atoms with Crippen LogP contribution in [0.25, 0.3) is 0 Å². The van der Waals surface area contributed by atoms with E-state index in [1.807, 2.05) is 30.3 Å². The number of ether oxygens (including phenoxy) is 1. The molecule has 0 amide bonds. The minimum atomic E-state index is -0.439. The van der Waals surface area contributed by atoms with Crippen molar-refractivity contribution in [1.82, 2.24) is 0 Å². The molecule has 20 heavy (non-hydrogen) atoms. The fraction of sp³-hybridized carbons (Fsp3) is 0.200. The van der Waals surface area contributed by atoms with E-state index in [0.29, 0.717) is 22.6 Å². The number of para-hydroxylation sites is 1. The molecule has 5 nitrogen and oxygen atoms in total. The number of methoxy groups -OCH3 is 1. The molecule has 0 aliphatic carbocycles. The first kappa shape index (κ1) is 13.9. The number of furan rings is 1. The number of anilines is 1. The quantitative estimate of drug-likeness (QED) is 0.527. The average molecular weight is 272 g/mol. The fourth-order valence-corrected chi connectivity index (χ4v) is 1.88. The lowest BCUT2D eigenvalue weighted by atomic mass is 10.1. The van der Waals surface area contributed by atoms with Crippen LogP contribution in [0.2, 0.25) is 0 Å². The fourth-order valence-electron chi connectivity index (χ4n) is 1.88. The van der Waals surface area contributed by atoms with Crippen molar-refractivity contribution in [2.24, 2.45) is 5.10 Å². The van der Waals surface area contributed by atoms with Gasteiger partial charge < -0.3 is 9.15 Å². The molecule has 0 atom stereocenters. The lowest BCUT2D eigenvalue weighted by Crippen LogP contribution is -2.08. The lowest BCUT2D eigenvalue weighted by molar-refractivity contribution is 0.0599. The Morgan fingerprint density at radius 1 is 1.30 bits per heavy atom. The predicted molar refractivity (Wildman–Crippen MR) is 77.1 cm³/mol. The standard InChI is InChI=1S/C15H16N2O3/c1-10(16-17-12-7-5-4-6-8-12)14-11(2)20-9-13(14)15(18)19-3/h4-9,17H,1-3H3/b16-10+. The summed E-state index contributed by atoms with van der Waals surface area (Å²) in [6.07, 6.45) is 1.39. The lowest BCUT2D eigenvalue weighted by Gasteiger charge is -2.04. The second-order valence-corrected chi connectivity index (χ2v) is 4.25. The van der Waals surface area contributed by atoms with E-state index in [1.165, 1.54) is 13.4 Å². The highest BCUT2D eigenvalue weighted by atomic mass is 16.5. The van der Waals surface area contributed by atoms with Crippen LogP contribution in [0.1, 0.15) is 28.6 Å². The summed E-state index contributed by atoms with van der Waals surface area (Å²) in [5.74, 6) is 0.188. The molecule has 2 aromatic rings. The van der Waals surface area contributed by atoms with Gasteiger partial charge in [-0.05, 0) is 26.0 Å². The topological polar surface area (TPSA) is 63.8 Å². The van der Waals surface area contributed by atoms with Gasteiger partial charge in [0.25, 0.3) is 0 Å². The van der Waals surface area contributed by atoms with Gasteiger partial charge in [0.2, 0.25) is 0 Å². The van der Waals surface area contributed by atoms with E-state index >= 15 is 0 Å². The van der Waals surface area contributed by atoms with Crippen molar-refractivity contribution in [3.05, 3.63) is 53.5 Å². The molecule has 1 heterocycles. The minimum absolute atomic E-state index is 0.376. The minimum Gasteiger partial charge on any atom is -0.468 e. The van der Waals surface area contributed by atoms with Crippen LogP contribution >= 0.6 is 0 Å². The van der Waals surface area contributed by atoms with Gasteiger partial charge in [0, 0.05) is 0 Å². The van der Waals surface area contributed by atoms with Crippen molar-refractivity contribution in [2.75, 3.05) is 12.5 Å². The molecule has 0 bridgehead atoms. The first-order valence-electron chi connectivity index (χ1n) is 6.15. The van der Waals surface area contributed by atoms with E-state index in [1.54, 1.807) is 13.8 Å². The molecule has 0 aliphatic rings. The molecule has 5 heteroatoms. The number of aryl methyl sites for hydroxylation is 1. The van der Waals surface area contributed by atoms with E-state index in [9.17, 15) is 4.79 Å². The third-order valence-electron chi connectivity index (χ3n) is 2.87. The monoisotopic (exact) mass is 272 g/mol. The Labute approximate surface area is 117 Å². The summed E-state index contributed by atoms with van der Waals surface area (Å²) < 4.78 is 10.0. The zero-order chi connectivity index (χ0) is 14.5. The van der Waals surface area contributed by atoms with Crippen LogP contribution in [0.15, 0.2) is 46.1 Å². The van der Waals surface area contributed by atoms with E-state index in [4.69, 9.17) is 9.15 Å². The maximum absolute atomic E-state index is 11.7. The van der Waals surface area contributed by atoms with E-state index in [0.717, 1.165) is 5.69 Å². The number of nitrogens with zero attached hydrogens (tertiary/aromatic N) is 1. The summed E-state index contributed by atoms with van der Waals surface area (Å²) in [5.41, 5.74) is 5.49. The van der Waals surface area contributed by atoms with Gasteiger partial charge in [-0.25, -0.2) is 4.79 Å². The Balaban J connectivity index is 2.27. The number of esters is 1. The molecule has 104 valence electrons. The first-order chi connectivity index (χ1) is 9.63. The number of carbonyl (C=O) groups is 1. The van der Waals surface area contributed by atoms with Crippen LogP contribution < -0.4 is 5.43 Å². The molecule has 0 spiro atoms. The third-order valence-corrected chi connectivity index (χ3v) is 2.87. The van der Waals surface area contributed by atoms with Crippen molar-refractivity contribution in [2.45, 2.75) is 13.8 Å². The number of benzene rings is 1. The SMILES string of the molecule is COC(=O)c1coc(C)c1/C(C)=N/Nc1ccccc1. The molecule has 2 rings (SSSR count). The smallest absolute Gasteiger partial charge is 0.341 e. The molecule has 1 N–H and O–H groups in total. The molecule has 1 aromatic carbocycles. The Kier molecular flexibility index (Phi) is 4.20. The van der Waals surface area contributed by atoms with Gasteiger partial charge in [0.05, 0.1) is 24.1 Å². The highest BCUT2D eigenvalue weighted by molar-refractivity contribution is 6.08. The average Bonchev–Trinajstić information content (AvgIpc) is 2.87. The number of carbonyl (C=O) groups excluding carboxylic acids is 1. The predicted octanol–water partition coefficient (Wildman–Crippen LogP) is 3.21. The number of hydrogen-bond acceptors (Lipinski definition) is 5. The molecule has 0 fully saturated rings. The Hall–Kier alpha value is -2.56. The van der Waals surface area contributed by atoms with Crippen LogP contribution in [0.5, 0.6) is 0 Å². The van der Waals surface area contributed by atoms with E-state index in [2.05, 4.69) is 10.5 Å². The molecular formula is C15H16N2O3. The molecule has 0 aliphatic heterocycles. The van der Waals surface area contributed by atoms with Gasteiger partial charge >= 0.3 is 5.97 Å². The Morgan fingerprint density at radius 2 is 2.00 bits per heavy atom. The highest BCUT2D eigenvalue weighted by Gasteiger charge is 2.19. The number of rotatable bonds is 4. The molecular weight excluding hydrogens is 256 g/mol. The summed E-state index contributed by atoms with van der Waals surface area (Å²) in [5, 5.41) is 4.27. The molecule has 0 radical (unpaired) electrons. The molecule has 1 aromatic heterocycles. The maximum atomic E-state index is 11.7. The van der Waals surface area contributed by atoms with E-state index < -0.39 is 5.97 Å². The zero-order valence-corrected chi connectivity index (χ0v) is 11.6. The zero-order valence-electron chi connectivity index (χ0n) is 11.6. The van der Waals surface area contributed by atoms with Crippen LogP contribution in [0.3, 0.4) is 0 Å². The van der Waals surface area contributed by atoms with Gasteiger partial charge in [0.1, 0.15) is 17.6 Å². The van der Waals surface area contributed by atoms with Crippen molar-refractivity contribution in [1.29, 1.82) is 0 Å². The first-order valence-corrected chi connectivity index (χ1v) is 6.15. The number of hydrazone groups is 1. The largest absolute Gasteiger partial charge is 0.468 e. The van der Waals surface area contributed by atoms with Crippen LogP contribution in [0.4, 0.5) is 5.69 Å².